The maximum Gasteiger partial charge on any atom is 0.152 e. The molecule has 1 aromatic carbocycles. The summed E-state index contributed by atoms with van der Waals surface area (Å²) in [5.74, 6) is 2.10. The van der Waals surface area contributed by atoms with Crippen molar-refractivity contribution in [3.05, 3.63) is 46.3 Å². The first-order chi connectivity index (χ1) is 9.38. The summed E-state index contributed by atoms with van der Waals surface area (Å²) in [4.78, 5) is 13.2. The van der Waals surface area contributed by atoms with Crippen molar-refractivity contribution in [3.8, 4) is 0 Å². The van der Waals surface area contributed by atoms with E-state index in [9.17, 15) is 0 Å². The Balaban J connectivity index is 2.67. The summed E-state index contributed by atoms with van der Waals surface area (Å²) in [6.07, 6.45) is 2.01. The van der Waals surface area contributed by atoms with Gasteiger partial charge in [-0.05, 0) is 38.7 Å². The fourth-order valence-corrected chi connectivity index (χ4v) is 2.95. The van der Waals surface area contributed by atoms with Gasteiger partial charge >= 0.3 is 0 Å². The van der Waals surface area contributed by atoms with Gasteiger partial charge in [-0.3, -0.25) is 0 Å². The molecule has 0 bridgehead atoms. The molecular formula is C14H17ClN4S. The van der Waals surface area contributed by atoms with Crippen LogP contribution in [0.2, 0.25) is 5.02 Å². The molecule has 0 aliphatic carbocycles. The topological polar surface area (TPSA) is 64.7 Å². The molecule has 1 unspecified atom stereocenters. The maximum atomic E-state index is 6.14. The lowest BCUT2D eigenvalue weighted by molar-refractivity contribution is 0.718. The Bertz CT molecular complexity index is 627. The third-order valence-electron chi connectivity index (χ3n) is 3.26. The van der Waals surface area contributed by atoms with E-state index in [0.29, 0.717) is 28.2 Å². The van der Waals surface area contributed by atoms with Gasteiger partial charge in [-0.15, -0.1) is 11.8 Å². The van der Waals surface area contributed by atoms with Gasteiger partial charge in [0.15, 0.2) is 5.82 Å². The SMILES string of the molecule is CSC(C)(c1nc(C)nc(C)n1)c1cccc(Cl)c1N. The molecular weight excluding hydrogens is 292 g/mol. The minimum Gasteiger partial charge on any atom is -0.397 e. The zero-order chi connectivity index (χ0) is 14.9. The molecule has 2 N–H and O–H groups in total. The molecule has 0 fully saturated rings. The van der Waals surface area contributed by atoms with E-state index in [1.165, 1.54) is 0 Å². The average Bonchev–Trinajstić information content (AvgIpc) is 2.40. The summed E-state index contributed by atoms with van der Waals surface area (Å²) < 4.78 is -0.465. The Morgan fingerprint density at radius 2 is 1.75 bits per heavy atom. The first-order valence-electron chi connectivity index (χ1n) is 6.18. The third kappa shape index (κ3) is 2.60. The van der Waals surface area contributed by atoms with Crippen LogP contribution < -0.4 is 5.73 Å². The molecule has 20 heavy (non-hydrogen) atoms. The number of aryl methyl sites for hydroxylation is 2. The summed E-state index contributed by atoms with van der Waals surface area (Å²) in [6, 6.07) is 5.64. The first kappa shape index (κ1) is 15.1. The molecule has 1 heterocycles. The molecule has 2 aromatic rings. The Labute approximate surface area is 128 Å². The van der Waals surface area contributed by atoms with Gasteiger partial charge < -0.3 is 5.73 Å². The Morgan fingerprint density at radius 1 is 1.15 bits per heavy atom. The predicted octanol–water partition coefficient (Wildman–Crippen LogP) is 3.35. The maximum absolute atomic E-state index is 6.14. The highest BCUT2D eigenvalue weighted by Gasteiger charge is 2.34. The number of nitrogen functional groups attached to an aromatic ring is 1. The first-order valence-corrected chi connectivity index (χ1v) is 7.78. The quantitative estimate of drug-likeness (QED) is 0.881. The van der Waals surface area contributed by atoms with Gasteiger partial charge in [0.2, 0.25) is 0 Å². The van der Waals surface area contributed by atoms with Gasteiger partial charge in [0.05, 0.1) is 15.5 Å². The van der Waals surface area contributed by atoms with Gasteiger partial charge in [-0.1, -0.05) is 23.7 Å². The van der Waals surface area contributed by atoms with Crippen LogP contribution in [0.25, 0.3) is 0 Å². The summed E-state index contributed by atoms with van der Waals surface area (Å²) in [5, 5.41) is 0.547. The molecule has 0 saturated carbocycles. The molecule has 106 valence electrons. The number of nitrogens with two attached hydrogens (primary N) is 1. The highest BCUT2D eigenvalue weighted by Crippen LogP contribution is 2.43. The van der Waals surface area contributed by atoms with E-state index in [4.69, 9.17) is 17.3 Å². The Hall–Kier alpha value is -1.33. The third-order valence-corrected chi connectivity index (χ3v) is 4.81. The molecule has 0 radical (unpaired) electrons. The Kier molecular flexibility index (Phi) is 4.20. The van der Waals surface area contributed by atoms with Crippen LogP contribution in [0.5, 0.6) is 0 Å². The average molecular weight is 309 g/mol. The highest BCUT2D eigenvalue weighted by atomic mass is 35.5. The number of nitrogens with zero attached hydrogens (tertiary/aromatic N) is 3. The van der Waals surface area contributed by atoms with Crippen molar-refractivity contribution < 1.29 is 0 Å². The normalized spacial score (nSPS) is 14.1. The van der Waals surface area contributed by atoms with Crippen LogP contribution in [0.1, 0.15) is 30.0 Å². The van der Waals surface area contributed by atoms with E-state index in [0.717, 1.165) is 5.56 Å². The van der Waals surface area contributed by atoms with Gasteiger partial charge in [0.1, 0.15) is 11.6 Å². The van der Waals surface area contributed by atoms with Crippen molar-refractivity contribution in [2.75, 3.05) is 12.0 Å². The monoisotopic (exact) mass is 308 g/mol. The predicted molar refractivity (Wildman–Crippen MR) is 85.1 cm³/mol. The second-order valence-electron chi connectivity index (χ2n) is 4.69. The van der Waals surface area contributed by atoms with Crippen molar-refractivity contribution in [1.82, 2.24) is 15.0 Å². The van der Waals surface area contributed by atoms with Crippen LogP contribution in [0.15, 0.2) is 18.2 Å². The summed E-state index contributed by atoms with van der Waals surface area (Å²) in [7, 11) is 0. The van der Waals surface area contributed by atoms with Crippen LogP contribution in [-0.2, 0) is 4.75 Å². The summed E-state index contributed by atoms with van der Waals surface area (Å²) in [5.41, 5.74) is 7.63. The second kappa shape index (κ2) is 5.58. The number of anilines is 1. The fraction of sp³-hybridized carbons (Fsp3) is 0.357. The van der Waals surface area contributed by atoms with Crippen LogP contribution in [0.4, 0.5) is 5.69 Å². The standard InChI is InChI=1S/C14H17ClN4S/c1-8-17-9(2)19-13(18-8)14(3,20-4)10-6-5-7-11(15)12(10)16/h5-7H,16H2,1-4H3. The lowest BCUT2D eigenvalue weighted by Gasteiger charge is -2.28. The van der Waals surface area contributed by atoms with Crippen LogP contribution in [-0.4, -0.2) is 21.2 Å². The fourth-order valence-electron chi connectivity index (χ4n) is 2.10. The van der Waals surface area contributed by atoms with Crippen LogP contribution in [0, 0.1) is 13.8 Å². The van der Waals surface area contributed by atoms with Gasteiger partial charge in [-0.25, -0.2) is 15.0 Å². The van der Waals surface area contributed by atoms with E-state index in [-0.39, 0.29) is 0 Å². The molecule has 4 nitrogen and oxygen atoms in total. The zero-order valence-corrected chi connectivity index (χ0v) is 13.5. The lowest BCUT2D eigenvalue weighted by Crippen LogP contribution is -2.25. The smallest absolute Gasteiger partial charge is 0.152 e. The molecule has 0 amide bonds. The van der Waals surface area contributed by atoms with Gasteiger partial charge in [0, 0.05) is 0 Å². The second-order valence-corrected chi connectivity index (χ2v) is 6.32. The van der Waals surface area contributed by atoms with Crippen molar-refractivity contribution in [2.24, 2.45) is 0 Å². The van der Waals surface area contributed by atoms with Crippen molar-refractivity contribution in [1.29, 1.82) is 0 Å². The van der Waals surface area contributed by atoms with Gasteiger partial charge in [0.25, 0.3) is 0 Å². The van der Waals surface area contributed by atoms with E-state index >= 15 is 0 Å². The number of para-hydroxylation sites is 1. The van der Waals surface area contributed by atoms with E-state index < -0.39 is 4.75 Å². The van der Waals surface area contributed by atoms with Gasteiger partial charge in [-0.2, -0.15) is 0 Å². The summed E-state index contributed by atoms with van der Waals surface area (Å²) in [6.45, 7) is 5.77. The number of hydrogen-bond donors (Lipinski definition) is 1. The molecule has 0 saturated heterocycles. The highest BCUT2D eigenvalue weighted by molar-refractivity contribution is 7.99. The minimum atomic E-state index is -0.465. The number of thioether (sulfide) groups is 1. The zero-order valence-electron chi connectivity index (χ0n) is 11.9. The molecule has 1 atom stereocenters. The number of benzene rings is 1. The molecule has 1 aromatic heterocycles. The number of halogens is 1. The van der Waals surface area contributed by atoms with E-state index in [1.807, 2.05) is 39.2 Å². The van der Waals surface area contributed by atoms with Crippen molar-refractivity contribution in [3.63, 3.8) is 0 Å². The minimum absolute atomic E-state index is 0.465. The van der Waals surface area contributed by atoms with Crippen LogP contribution >= 0.6 is 23.4 Å². The lowest BCUT2D eigenvalue weighted by atomic mass is 9.97. The van der Waals surface area contributed by atoms with E-state index in [2.05, 4.69) is 15.0 Å². The molecule has 0 aliphatic rings. The Morgan fingerprint density at radius 3 is 2.30 bits per heavy atom. The molecule has 0 aliphatic heterocycles. The molecule has 2 rings (SSSR count). The van der Waals surface area contributed by atoms with Crippen LogP contribution in [0.3, 0.4) is 0 Å². The number of rotatable bonds is 3. The molecule has 6 heteroatoms. The van der Waals surface area contributed by atoms with Crippen molar-refractivity contribution in [2.45, 2.75) is 25.5 Å². The van der Waals surface area contributed by atoms with E-state index in [1.54, 1.807) is 17.8 Å². The largest absolute Gasteiger partial charge is 0.397 e. The number of aromatic nitrogens is 3. The number of hydrogen-bond acceptors (Lipinski definition) is 5. The summed E-state index contributed by atoms with van der Waals surface area (Å²) >= 11 is 7.77. The molecule has 0 spiro atoms. The van der Waals surface area contributed by atoms with Crippen molar-refractivity contribution >= 4 is 29.1 Å².